The van der Waals surface area contributed by atoms with Crippen LogP contribution in [0.15, 0.2) is 30.7 Å². The van der Waals surface area contributed by atoms with Crippen LogP contribution in [0.25, 0.3) is 17.2 Å². The van der Waals surface area contributed by atoms with Crippen LogP contribution in [0.2, 0.25) is 0 Å². The SMILES string of the molecule is CC(C)(C)OC(=O)N1CCC[C@@H](CNc2nc(-c3cnc4ccc(F)cn34)ncc2N[O-])C1. The molecule has 0 bridgehead atoms. The van der Waals surface area contributed by atoms with Gasteiger partial charge in [-0.2, -0.15) is 0 Å². The molecule has 176 valence electrons. The van der Waals surface area contributed by atoms with Crippen molar-refractivity contribution >= 4 is 23.2 Å². The fourth-order valence-electron chi connectivity index (χ4n) is 3.80. The third-order valence-corrected chi connectivity index (χ3v) is 5.33. The first-order valence-electron chi connectivity index (χ1n) is 10.8. The second-order valence-corrected chi connectivity index (χ2v) is 9.09. The maximum Gasteiger partial charge on any atom is 0.410 e. The summed E-state index contributed by atoms with van der Waals surface area (Å²) in [5.74, 6) is 0.378. The number of ether oxygens (including phenoxy) is 1. The Labute approximate surface area is 190 Å². The lowest BCUT2D eigenvalue weighted by Gasteiger charge is -2.34. The molecule has 0 spiro atoms. The largest absolute Gasteiger partial charge is 0.761 e. The average molecular weight is 457 g/mol. The average Bonchev–Trinajstić information content (AvgIpc) is 3.19. The number of nitrogens with one attached hydrogen (secondary N) is 2. The normalized spacial score (nSPS) is 16.6. The molecule has 1 amide bonds. The number of aromatic nitrogens is 4. The maximum atomic E-state index is 13.7. The van der Waals surface area contributed by atoms with Crippen molar-refractivity contribution in [2.24, 2.45) is 5.92 Å². The van der Waals surface area contributed by atoms with E-state index in [0.29, 0.717) is 42.6 Å². The molecule has 3 aromatic heterocycles. The van der Waals surface area contributed by atoms with Crippen molar-refractivity contribution in [2.75, 3.05) is 30.4 Å². The predicted octanol–water partition coefficient (Wildman–Crippen LogP) is 3.90. The van der Waals surface area contributed by atoms with E-state index in [4.69, 9.17) is 4.74 Å². The maximum absolute atomic E-state index is 13.7. The molecular formula is C22H27FN7O3-. The molecule has 2 N–H and O–H groups in total. The number of amides is 1. The third-order valence-electron chi connectivity index (χ3n) is 5.33. The van der Waals surface area contributed by atoms with Gasteiger partial charge in [0.25, 0.3) is 0 Å². The second-order valence-electron chi connectivity index (χ2n) is 9.09. The number of nitrogens with zero attached hydrogens (tertiary/aromatic N) is 5. The number of fused-ring (bicyclic) bond motifs is 1. The van der Waals surface area contributed by atoms with Gasteiger partial charge in [-0.15, -0.1) is 0 Å². The van der Waals surface area contributed by atoms with Crippen LogP contribution in [0.4, 0.5) is 20.7 Å². The first-order chi connectivity index (χ1) is 15.7. The standard InChI is InChI=1S/C22H27FN7O3/c1-22(2,3)33-21(31)29-8-4-5-14(12-29)9-25-19-16(28-32)10-26-20(27-19)17-11-24-18-7-6-15(23)13-30(17)18/h6-7,10-11,13-14,28H,4-5,8-9,12H2,1-3H3,(H,25,26,27)/q-1/t14-/m0/s1. The van der Waals surface area contributed by atoms with Crippen LogP contribution >= 0.6 is 0 Å². The molecular weight excluding hydrogens is 429 g/mol. The van der Waals surface area contributed by atoms with Crippen molar-refractivity contribution in [1.29, 1.82) is 0 Å². The smallest absolute Gasteiger partial charge is 0.410 e. The number of piperidine rings is 1. The lowest BCUT2D eigenvalue weighted by molar-refractivity contribution is 0.0172. The van der Waals surface area contributed by atoms with Gasteiger partial charge >= 0.3 is 6.09 Å². The van der Waals surface area contributed by atoms with E-state index in [0.717, 1.165) is 12.8 Å². The van der Waals surface area contributed by atoms with Crippen molar-refractivity contribution < 1.29 is 13.9 Å². The molecule has 10 nitrogen and oxygen atoms in total. The van der Waals surface area contributed by atoms with Gasteiger partial charge < -0.3 is 25.6 Å². The molecule has 0 aromatic carbocycles. The van der Waals surface area contributed by atoms with Crippen LogP contribution in [0.1, 0.15) is 33.6 Å². The van der Waals surface area contributed by atoms with Crippen LogP contribution in [0.5, 0.6) is 0 Å². The quantitative estimate of drug-likeness (QED) is 0.555. The van der Waals surface area contributed by atoms with Crippen molar-refractivity contribution in [1.82, 2.24) is 24.3 Å². The summed E-state index contributed by atoms with van der Waals surface area (Å²) in [6, 6.07) is 2.89. The van der Waals surface area contributed by atoms with E-state index in [2.05, 4.69) is 20.3 Å². The fraction of sp³-hybridized carbons (Fsp3) is 0.455. The van der Waals surface area contributed by atoms with Crippen molar-refractivity contribution in [3.8, 4) is 11.5 Å². The number of pyridine rings is 1. The number of likely N-dealkylation sites (tertiary alicyclic amines) is 1. The first kappa shape index (κ1) is 22.7. The van der Waals surface area contributed by atoms with E-state index in [-0.39, 0.29) is 17.7 Å². The molecule has 4 heterocycles. The zero-order valence-corrected chi connectivity index (χ0v) is 18.8. The molecule has 33 heavy (non-hydrogen) atoms. The van der Waals surface area contributed by atoms with E-state index in [9.17, 15) is 14.4 Å². The Morgan fingerprint density at radius 3 is 2.88 bits per heavy atom. The highest BCUT2D eigenvalue weighted by molar-refractivity contribution is 5.69. The van der Waals surface area contributed by atoms with Crippen LogP contribution in [-0.2, 0) is 4.74 Å². The lowest BCUT2D eigenvalue weighted by Crippen LogP contribution is -2.44. The summed E-state index contributed by atoms with van der Waals surface area (Å²) < 4.78 is 20.8. The summed E-state index contributed by atoms with van der Waals surface area (Å²) in [4.78, 5) is 27.1. The molecule has 1 aliphatic heterocycles. The molecule has 0 unspecified atom stereocenters. The molecule has 0 radical (unpaired) electrons. The number of imidazole rings is 1. The number of hydrogen-bond acceptors (Lipinski definition) is 8. The van der Waals surface area contributed by atoms with Gasteiger partial charge in [0.05, 0.1) is 18.1 Å². The van der Waals surface area contributed by atoms with Gasteiger partial charge in [0.15, 0.2) is 11.6 Å². The number of carbonyl (C=O) groups is 1. The van der Waals surface area contributed by atoms with E-state index in [1.165, 1.54) is 18.5 Å². The summed E-state index contributed by atoms with van der Waals surface area (Å²) in [7, 11) is 0. The molecule has 3 aromatic rings. The summed E-state index contributed by atoms with van der Waals surface area (Å²) >= 11 is 0. The van der Waals surface area contributed by atoms with E-state index in [1.54, 1.807) is 21.6 Å². The van der Waals surface area contributed by atoms with Gasteiger partial charge in [0, 0.05) is 25.8 Å². The molecule has 1 saturated heterocycles. The number of hydrogen-bond donors (Lipinski definition) is 2. The summed E-state index contributed by atoms with van der Waals surface area (Å²) in [5.41, 5.74) is 2.55. The molecule has 0 saturated carbocycles. The summed E-state index contributed by atoms with van der Waals surface area (Å²) in [5, 5.41) is 14.6. The topological polar surface area (TPSA) is 120 Å². The Morgan fingerprint density at radius 2 is 2.12 bits per heavy atom. The minimum atomic E-state index is -0.547. The van der Waals surface area contributed by atoms with Crippen LogP contribution in [-0.4, -0.2) is 55.6 Å². The Hall–Kier alpha value is -3.47. The van der Waals surface area contributed by atoms with Gasteiger partial charge in [-0.3, -0.25) is 4.40 Å². The van der Waals surface area contributed by atoms with Gasteiger partial charge in [-0.25, -0.2) is 24.1 Å². The van der Waals surface area contributed by atoms with Crippen LogP contribution in [0.3, 0.4) is 0 Å². The van der Waals surface area contributed by atoms with Crippen molar-refractivity contribution in [2.45, 2.75) is 39.2 Å². The molecule has 1 fully saturated rings. The zero-order valence-electron chi connectivity index (χ0n) is 18.8. The number of anilines is 2. The Bertz CT molecular complexity index is 1140. The fourth-order valence-corrected chi connectivity index (χ4v) is 3.80. The van der Waals surface area contributed by atoms with Crippen molar-refractivity contribution in [3.05, 3.63) is 41.7 Å². The highest BCUT2D eigenvalue weighted by Gasteiger charge is 2.27. The van der Waals surface area contributed by atoms with Crippen LogP contribution < -0.4 is 10.8 Å². The van der Waals surface area contributed by atoms with E-state index in [1.807, 2.05) is 26.3 Å². The number of carbonyl (C=O) groups excluding carboxylic acids is 1. The Morgan fingerprint density at radius 1 is 1.30 bits per heavy atom. The third kappa shape index (κ3) is 5.30. The highest BCUT2D eigenvalue weighted by Crippen LogP contribution is 2.25. The van der Waals surface area contributed by atoms with E-state index < -0.39 is 11.4 Å². The second kappa shape index (κ2) is 9.18. The summed E-state index contributed by atoms with van der Waals surface area (Å²) in [6.45, 7) is 7.24. The van der Waals surface area contributed by atoms with Gasteiger partial charge in [0.2, 0.25) is 0 Å². The number of rotatable bonds is 5. The minimum absolute atomic E-state index is 0.161. The molecule has 1 atom stereocenters. The molecule has 1 aliphatic rings. The Balaban J connectivity index is 1.49. The lowest BCUT2D eigenvalue weighted by atomic mass is 9.98. The first-order valence-corrected chi connectivity index (χ1v) is 10.8. The summed E-state index contributed by atoms with van der Waals surface area (Å²) in [6.07, 6.45) is 5.71. The van der Waals surface area contributed by atoms with Crippen molar-refractivity contribution in [3.63, 3.8) is 0 Å². The van der Waals surface area contributed by atoms with E-state index >= 15 is 0 Å². The molecule has 0 aliphatic carbocycles. The monoisotopic (exact) mass is 456 g/mol. The van der Waals surface area contributed by atoms with Gasteiger partial charge in [-0.1, -0.05) is 0 Å². The number of halogens is 1. The molecule has 4 rings (SSSR count). The molecule has 11 heteroatoms. The van der Waals surface area contributed by atoms with Gasteiger partial charge in [-0.05, 0) is 51.7 Å². The minimum Gasteiger partial charge on any atom is -0.761 e. The zero-order chi connectivity index (χ0) is 23.6. The van der Waals surface area contributed by atoms with Crippen LogP contribution in [0, 0.1) is 16.9 Å². The Kier molecular flexibility index (Phi) is 6.32. The highest BCUT2D eigenvalue weighted by atomic mass is 19.1. The van der Waals surface area contributed by atoms with Gasteiger partial charge in [0.1, 0.15) is 22.8 Å². The predicted molar refractivity (Wildman–Crippen MR) is 122 cm³/mol.